The third-order valence-electron chi connectivity index (χ3n) is 3.59. The minimum atomic E-state index is -0.924. The molecule has 1 N–H and O–H groups in total. The lowest BCUT2D eigenvalue weighted by Gasteiger charge is -2.28. The molecule has 1 aliphatic carbocycles. The topological polar surface area (TPSA) is 40.5 Å². The fraction of sp³-hybridized carbons (Fsp3) is 0.500. The van der Waals surface area contributed by atoms with Crippen molar-refractivity contribution in [1.82, 2.24) is 4.90 Å². The van der Waals surface area contributed by atoms with Crippen LogP contribution in [0.2, 0.25) is 0 Å². The smallest absolute Gasteiger partial charge is 0.259 e. The summed E-state index contributed by atoms with van der Waals surface area (Å²) < 4.78 is 27.0. The van der Waals surface area contributed by atoms with E-state index < -0.39 is 28.7 Å². The summed E-state index contributed by atoms with van der Waals surface area (Å²) in [5, 5.41) is 10.2. The van der Waals surface area contributed by atoms with Crippen LogP contribution in [0.15, 0.2) is 18.2 Å². The summed E-state index contributed by atoms with van der Waals surface area (Å²) in [6, 6.07) is 3.31. The molecule has 1 saturated carbocycles. The van der Waals surface area contributed by atoms with E-state index in [-0.39, 0.29) is 6.54 Å². The van der Waals surface area contributed by atoms with Crippen molar-refractivity contribution in [2.75, 3.05) is 13.6 Å². The predicted octanol–water partition coefficient (Wildman–Crippen LogP) is 2.34. The summed E-state index contributed by atoms with van der Waals surface area (Å²) in [5.74, 6) is -2.50. The molecule has 0 heterocycles. The molecule has 0 atom stereocenters. The maximum Gasteiger partial charge on any atom is 0.259 e. The summed E-state index contributed by atoms with van der Waals surface area (Å²) in [5.41, 5.74) is -1.49. The highest BCUT2D eigenvalue weighted by molar-refractivity contribution is 5.94. The van der Waals surface area contributed by atoms with Gasteiger partial charge >= 0.3 is 0 Å². The summed E-state index contributed by atoms with van der Waals surface area (Å²) in [7, 11) is 1.45. The van der Waals surface area contributed by atoms with Crippen LogP contribution in [-0.2, 0) is 0 Å². The Morgan fingerprint density at radius 1 is 1.32 bits per heavy atom. The Kier molecular flexibility index (Phi) is 3.85. The summed E-state index contributed by atoms with van der Waals surface area (Å²) >= 11 is 0. The molecule has 0 spiro atoms. The number of hydrogen-bond donors (Lipinski definition) is 1. The number of benzene rings is 1. The fourth-order valence-electron chi connectivity index (χ4n) is 2.60. The molecule has 0 radical (unpaired) electrons. The third kappa shape index (κ3) is 2.92. The molecule has 2 rings (SSSR count). The molecule has 5 heteroatoms. The number of aliphatic hydroxyl groups is 1. The number of carbonyl (C=O) groups excluding carboxylic acids is 1. The van der Waals surface area contributed by atoms with Gasteiger partial charge in [-0.2, -0.15) is 0 Å². The number of amides is 1. The van der Waals surface area contributed by atoms with Gasteiger partial charge in [0.15, 0.2) is 0 Å². The first kappa shape index (κ1) is 13.9. The van der Waals surface area contributed by atoms with Gasteiger partial charge in [0.05, 0.1) is 5.60 Å². The molecule has 0 unspecified atom stereocenters. The zero-order valence-corrected chi connectivity index (χ0v) is 10.8. The van der Waals surface area contributed by atoms with Crippen molar-refractivity contribution >= 4 is 5.91 Å². The highest BCUT2D eigenvalue weighted by Crippen LogP contribution is 2.30. The van der Waals surface area contributed by atoms with Crippen LogP contribution in [-0.4, -0.2) is 35.1 Å². The van der Waals surface area contributed by atoms with E-state index >= 15 is 0 Å². The monoisotopic (exact) mass is 269 g/mol. The molecule has 3 nitrogen and oxygen atoms in total. The maximum atomic E-state index is 13.5. The van der Waals surface area contributed by atoms with Gasteiger partial charge in [-0.15, -0.1) is 0 Å². The van der Waals surface area contributed by atoms with Gasteiger partial charge < -0.3 is 10.0 Å². The van der Waals surface area contributed by atoms with Gasteiger partial charge in [-0.05, 0) is 25.0 Å². The summed E-state index contributed by atoms with van der Waals surface area (Å²) in [4.78, 5) is 13.2. The minimum Gasteiger partial charge on any atom is -0.388 e. The number of carbonyl (C=O) groups is 1. The van der Waals surface area contributed by atoms with Crippen molar-refractivity contribution in [3.63, 3.8) is 0 Å². The average molecular weight is 269 g/mol. The molecule has 0 aliphatic heterocycles. The van der Waals surface area contributed by atoms with Gasteiger partial charge in [-0.3, -0.25) is 4.79 Å². The van der Waals surface area contributed by atoms with Crippen LogP contribution in [0.1, 0.15) is 36.0 Å². The molecule has 1 fully saturated rings. The highest BCUT2D eigenvalue weighted by Gasteiger charge is 2.34. The van der Waals surface area contributed by atoms with E-state index in [1.54, 1.807) is 0 Å². The largest absolute Gasteiger partial charge is 0.388 e. The van der Waals surface area contributed by atoms with Crippen LogP contribution in [0.5, 0.6) is 0 Å². The van der Waals surface area contributed by atoms with E-state index in [1.165, 1.54) is 18.0 Å². The number of nitrogens with zero attached hydrogens (tertiary/aromatic N) is 1. The molecule has 19 heavy (non-hydrogen) atoms. The maximum absolute atomic E-state index is 13.5. The molecular formula is C14H17F2NO2. The number of likely N-dealkylation sites (N-methyl/N-ethyl adjacent to an activating group) is 1. The van der Waals surface area contributed by atoms with Gasteiger partial charge in [-0.1, -0.05) is 18.9 Å². The second kappa shape index (κ2) is 5.25. The molecular weight excluding hydrogens is 252 g/mol. The molecule has 1 amide bonds. The Hall–Kier alpha value is -1.49. The van der Waals surface area contributed by atoms with Crippen LogP contribution >= 0.6 is 0 Å². The van der Waals surface area contributed by atoms with Crippen LogP contribution in [0.25, 0.3) is 0 Å². The molecule has 0 bridgehead atoms. The van der Waals surface area contributed by atoms with E-state index in [9.17, 15) is 18.7 Å². The van der Waals surface area contributed by atoms with Gasteiger partial charge in [0.2, 0.25) is 0 Å². The summed E-state index contributed by atoms with van der Waals surface area (Å²) in [6.45, 7) is 0.0968. The fourth-order valence-corrected chi connectivity index (χ4v) is 2.60. The number of halogens is 2. The van der Waals surface area contributed by atoms with Gasteiger partial charge in [0.1, 0.15) is 17.2 Å². The van der Waals surface area contributed by atoms with Gasteiger partial charge in [-0.25, -0.2) is 8.78 Å². The first-order valence-corrected chi connectivity index (χ1v) is 6.35. The highest BCUT2D eigenvalue weighted by atomic mass is 19.1. The van der Waals surface area contributed by atoms with Crippen LogP contribution in [0.3, 0.4) is 0 Å². The quantitative estimate of drug-likeness (QED) is 0.915. The second-order valence-electron chi connectivity index (χ2n) is 5.19. The molecule has 0 saturated heterocycles. The van der Waals surface area contributed by atoms with Gasteiger partial charge in [0, 0.05) is 13.6 Å². The zero-order chi connectivity index (χ0) is 14.0. The normalized spacial score (nSPS) is 17.5. The standard InChI is InChI=1S/C14H17F2NO2/c1-17(9-14(19)7-2-3-8-14)13(18)12-10(15)5-4-6-11(12)16/h4-6,19H,2-3,7-9H2,1H3. The second-order valence-corrected chi connectivity index (χ2v) is 5.19. The lowest BCUT2D eigenvalue weighted by Crippen LogP contribution is -2.42. The predicted molar refractivity (Wildman–Crippen MR) is 66.7 cm³/mol. The Morgan fingerprint density at radius 3 is 2.37 bits per heavy atom. The van der Waals surface area contributed by atoms with Crippen molar-refractivity contribution in [2.24, 2.45) is 0 Å². The zero-order valence-electron chi connectivity index (χ0n) is 10.8. The molecule has 0 aromatic heterocycles. The lowest BCUT2D eigenvalue weighted by molar-refractivity contribution is 0.0153. The number of hydrogen-bond acceptors (Lipinski definition) is 2. The van der Waals surface area contributed by atoms with Crippen LogP contribution in [0, 0.1) is 11.6 Å². The first-order valence-electron chi connectivity index (χ1n) is 6.35. The SMILES string of the molecule is CN(CC1(O)CCCC1)C(=O)c1c(F)cccc1F. The van der Waals surface area contributed by atoms with Gasteiger partial charge in [0.25, 0.3) is 5.91 Å². The number of rotatable bonds is 3. The average Bonchev–Trinajstić information content (AvgIpc) is 2.75. The van der Waals surface area contributed by atoms with E-state index in [0.29, 0.717) is 12.8 Å². The molecule has 1 aromatic rings. The minimum absolute atomic E-state index is 0.0968. The van der Waals surface area contributed by atoms with E-state index in [0.717, 1.165) is 25.0 Å². The van der Waals surface area contributed by atoms with Crippen molar-refractivity contribution in [2.45, 2.75) is 31.3 Å². The van der Waals surface area contributed by atoms with Crippen molar-refractivity contribution in [1.29, 1.82) is 0 Å². The molecule has 1 aromatic carbocycles. The first-order chi connectivity index (χ1) is 8.93. The van der Waals surface area contributed by atoms with Crippen LogP contribution in [0.4, 0.5) is 8.78 Å². The Bertz CT molecular complexity index is 464. The Labute approximate surface area is 110 Å². The van der Waals surface area contributed by atoms with E-state index in [1.807, 2.05) is 0 Å². The third-order valence-corrected chi connectivity index (χ3v) is 3.59. The van der Waals surface area contributed by atoms with Crippen molar-refractivity contribution in [3.8, 4) is 0 Å². The van der Waals surface area contributed by atoms with E-state index in [2.05, 4.69) is 0 Å². The molecule has 1 aliphatic rings. The van der Waals surface area contributed by atoms with Crippen molar-refractivity contribution < 1.29 is 18.7 Å². The Morgan fingerprint density at radius 2 is 1.84 bits per heavy atom. The molecule has 104 valence electrons. The van der Waals surface area contributed by atoms with Crippen molar-refractivity contribution in [3.05, 3.63) is 35.4 Å². The summed E-state index contributed by atoms with van der Waals surface area (Å²) in [6.07, 6.45) is 3.05. The van der Waals surface area contributed by atoms with Crippen LogP contribution < -0.4 is 0 Å². The van der Waals surface area contributed by atoms with E-state index in [4.69, 9.17) is 0 Å². The lowest BCUT2D eigenvalue weighted by atomic mass is 10.0. The Balaban J connectivity index is 2.15.